The van der Waals surface area contributed by atoms with E-state index in [1.165, 1.54) is 0 Å². The predicted molar refractivity (Wildman–Crippen MR) is 65.3 cm³/mol. The molecule has 0 spiro atoms. The predicted octanol–water partition coefficient (Wildman–Crippen LogP) is 2.79. The van der Waals surface area contributed by atoms with Crippen molar-refractivity contribution in [1.29, 1.82) is 0 Å². The largest absolute Gasteiger partial charge is 0.382 e. The molecule has 0 saturated heterocycles. The number of rotatable bonds is 1. The number of aromatic nitrogens is 3. The summed E-state index contributed by atoms with van der Waals surface area (Å²) < 4.78 is 0. The van der Waals surface area contributed by atoms with Crippen LogP contribution in [-0.4, -0.2) is 15.2 Å². The van der Waals surface area contributed by atoms with Crippen LogP contribution in [0.3, 0.4) is 0 Å². The van der Waals surface area contributed by atoms with Crippen molar-refractivity contribution in [2.75, 3.05) is 5.73 Å². The summed E-state index contributed by atoms with van der Waals surface area (Å²) in [5.41, 5.74) is 8.51. The van der Waals surface area contributed by atoms with Crippen LogP contribution < -0.4 is 5.73 Å². The number of benzene rings is 1. The smallest absolute Gasteiger partial charge is 0.145 e. The lowest BCUT2D eigenvalue weighted by Gasteiger charge is -1.95. The molecule has 0 radical (unpaired) electrons. The molecule has 2 heterocycles. The van der Waals surface area contributed by atoms with Gasteiger partial charge in [0.15, 0.2) is 0 Å². The Bertz CT molecular complexity index is 653. The molecule has 16 heavy (non-hydrogen) atoms. The highest BCUT2D eigenvalue weighted by molar-refractivity contribution is 6.31. The highest BCUT2D eigenvalue weighted by atomic mass is 35.5. The lowest BCUT2D eigenvalue weighted by Crippen LogP contribution is -1.81. The molecule has 80 valence electrons. The van der Waals surface area contributed by atoms with Crippen LogP contribution in [0.1, 0.15) is 0 Å². The summed E-state index contributed by atoms with van der Waals surface area (Å²) in [5.74, 6) is 0.478. The van der Waals surface area contributed by atoms with Crippen molar-refractivity contribution in [3.8, 4) is 11.3 Å². The van der Waals surface area contributed by atoms with E-state index in [0.29, 0.717) is 10.8 Å². The van der Waals surface area contributed by atoms with Gasteiger partial charge in [-0.1, -0.05) is 11.6 Å². The minimum Gasteiger partial charge on any atom is -0.382 e. The van der Waals surface area contributed by atoms with Gasteiger partial charge in [0.1, 0.15) is 5.82 Å². The van der Waals surface area contributed by atoms with E-state index in [0.717, 1.165) is 22.2 Å². The molecule has 0 atom stereocenters. The van der Waals surface area contributed by atoms with Crippen molar-refractivity contribution in [3.05, 3.63) is 35.5 Å². The fourth-order valence-electron chi connectivity index (χ4n) is 1.79. The van der Waals surface area contributed by atoms with Crippen LogP contribution in [0.4, 0.5) is 5.82 Å². The normalized spacial score (nSPS) is 11.1. The number of nitrogen functional groups attached to an aromatic ring is 1. The number of H-pyrrole nitrogens is 2. The lowest BCUT2D eigenvalue weighted by molar-refractivity contribution is 1.10. The van der Waals surface area contributed by atoms with Gasteiger partial charge in [-0.15, -0.1) is 0 Å². The number of hydrogen-bond donors (Lipinski definition) is 3. The highest BCUT2D eigenvalue weighted by Gasteiger charge is 2.08. The number of fused-ring (bicyclic) bond motifs is 1. The van der Waals surface area contributed by atoms with Gasteiger partial charge in [0.25, 0.3) is 0 Å². The number of hydrogen-bond acceptors (Lipinski definition) is 2. The molecule has 0 aliphatic carbocycles. The van der Waals surface area contributed by atoms with E-state index in [1.807, 2.05) is 24.4 Å². The van der Waals surface area contributed by atoms with Gasteiger partial charge < -0.3 is 10.7 Å². The average molecular weight is 233 g/mol. The Hall–Kier alpha value is -1.94. The highest BCUT2D eigenvalue weighted by Crippen LogP contribution is 2.29. The van der Waals surface area contributed by atoms with Crippen molar-refractivity contribution in [1.82, 2.24) is 15.2 Å². The first-order chi connectivity index (χ1) is 7.74. The maximum absolute atomic E-state index is 5.98. The van der Waals surface area contributed by atoms with Crippen LogP contribution in [0.25, 0.3) is 22.2 Å². The summed E-state index contributed by atoms with van der Waals surface area (Å²) in [5, 5.41) is 8.55. The van der Waals surface area contributed by atoms with E-state index >= 15 is 0 Å². The zero-order chi connectivity index (χ0) is 11.1. The molecule has 1 aromatic carbocycles. The Kier molecular flexibility index (Phi) is 1.91. The summed E-state index contributed by atoms with van der Waals surface area (Å²) in [6, 6.07) is 7.51. The summed E-state index contributed by atoms with van der Waals surface area (Å²) in [7, 11) is 0. The summed E-state index contributed by atoms with van der Waals surface area (Å²) in [6.07, 6.45) is 1.91. The summed E-state index contributed by atoms with van der Waals surface area (Å²) in [4.78, 5) is 3.18. The molecule has 5 heteroatoms. The number of nitrogens with zero attached hydrogens (tertiary/aromatic N) is 1. The van der Waals surface area contributed by atoms with E-state index < -0.39 is 0 Å². The third-order valence-electron chi connectivity index (χ3n) is 2.53. The molecular formula is C11H9ClN4. The average Bonchev–Trinajstić information content (AvgIpc) is 2.83. The number of nitrogens with one attached hydrogen (secondary N) is 2. The van der Waals surface area contributed by atoms with Gasteiger partial charge in [-0.2, -0.15) is 5.10 Å². The van der Waals surface area contributed by atoms with Crippen LogP contribution in [0.5, 0.6) is 0 Å². The van der Waals surface area contributed by atoms with Crippen LogP contribution in [0.2, 0.25) is 5.02 Å². The molecule has 0 fully saturated rings. The summed E-state index contributed by atoms with van der Waals surface area (Å²) in [6.45, 7) is 0. The first-order valence-corrected chi connectivity index (χ1v) is 5.20. The molecule has 2 aromatic heterocycles. The molecule has 0 saturated carbocycles. The van der Waals surface area contributed by atoms with Crippen molar-refractivity contribution in [3.63, 3.8) is 0 Å². The molecule has 3 aromatic rings. The fourth-order valence-corrected chi connectivity index (χ4v) is 1.96. The standard InChI is InChI=1S/C11H9ClN4/c12-6-1-2-9-7(3-6)8(5-14-9)10-4-11(13)16-15-10/h1-5,14H,(H3,13,15,16). The second-order valence-electron chi connectivity index (χ2n) is 3.60. The zero-order valence-electron chi connectivity index (χ0n) is 8.29. The number of halogens is 1. The second kappa shape index (κ2) is 3.28. The molecule has 0 bridgehead atoms. The van der Waals surface area contributed by atoms with Crippen molar-refractivity contribution < 1.29 is 0 Å². The van der Waals surface area contributed by atoms with Crippen LogP contribution in [-0.2, 0) is 0 Å². The third kappa shape index (κ3) is 1.35. The Morgan fingerprint density at radius 1 is 1.25 bits per heavy atom. The van der Waals surface area contributed by atoms with Crippen molar-refractivity contribution in [2.45, 2.75) is 0 Å². The van der Waals surface area contributed by atoms with E-state index in [1.54, 1.807) is 6.07 Å². The number of aromatic amines is 2. The minimum atomic E-state index is 0.478. The Balaban J connectivity index is 2.27. The van der Waals surface area contributed by atoms with E-state index in [2.05, 4.69) is 15.2 Å². The van der Waals surface area contributed by atoms with Crippen LogP contribution in [0, 0.1) is 0 Å². The topological polar surface area (TPSA) is 70.5 Å². The van der Waals surface area contributed by atoms with Gasteiger partial charge in [0.05, 0.1) is 5.69 Å². The van der Waals surface area contributed by atoms with Crippen molar-refractivity contribution in [2.24, 2.45) is 0 Å². The maximum atomic E-state index is 5.98. The van der Waals surface area contributed by atoms with E-state index in [-0.39, 0.29) is 0 Å². The third-order valence-corrected chi connectivity index (χ3v) is 2.77. The van der Waals surface area contributed by atoms with Gasteiger partial charge in [-0.3, -0.25) is 5.10 Å². The summed E-state index contributed by atoms with van der Waals surface area (Å²) >= 11 is 5.98. The van der Waals surface area contributed by atoms with Crippen LogP contribution >= 0.6 is 11.6 Å². The molecule has 0 unspecified atom stereocenters. The minimum absolute atomic E-state index is 0.478. The van der Waals surface area contributed by atoms with E-state index in [4.69, 9.17) is 17.3 Å². The first kappa shape index (κ1) is 9.30. The molecule has 4 nitrogen and oxygen atoms in total. The quantitative estimate of drug-likeness (QED) is 0.604. The van der Waals surface area contributed by atoms with Gasteiger partial charge in [-0.25, -0.2) is 0 Å². The molecule has 4 N–H and O–H groups in total. The number of nitrogens with two attached hydrogens (primary N) is 1. The Labute approximate surface area is 96.4 Å². The number of anilines is 1. The molecular weight excluding hydrogens is 224 g/mol. The molecule has 0 aliphatic rings. The first-order valence-electron chi connectivity index (χ1n) is 4.82. The molecule has 0 aliphatic heterocycles. The molecule has 0 amide bonds. The van der Waals surface area contributed by atoms with Crippen LogP contribution in [0.15, 0.2) is 30.5 Å². The zero-order valence-corrected chi connectivity index (χ0v) is 9.05. The SMILES string of the molecule is Nc1cc(-c2c[nH]c3ccc(Cl)cc23)[nH]n1. The Morgan fingerprint density at radius 2 is 2.12 bits per heavy atom. The fraction of sp³-hybridized carbons (Fsp3) is 0. The van der Waals surface area contributed by atoms with E-state index in [9.17, 15) is 0 Å². The lowest BCUT2D eigenvalue weighted by atomic mass is 10.1. The monoisotopic (exact) mass is 232 g/mol. The Morgan fingerprint density at radius 3 is 2.88 bits per heavy atom. The molecule has 3 rings (SSSR count). The van der Waals surface area contributed by atoms with Gasteiger partial charge in [0, 0.05) is 33.8 Å². The maximum Gasteiger partial charge on any atom is 0.145 e. The second-order valence-corrected chi connectivity index (χ2v) is 4.04. The van der Waals surface area contributed by atoms with Gasteiger partial charge in [0.2, 0.25) is 0 Å². The van der Waals surface area contributed by atoms with Gasteiger partial charge in [-0.05, 0) is 18.2 Å². The van der Waals surface area contributed by atoms with Gasteiger partial charge >= 0.3 is 0 Å². The van der Waals surface area contributed by atoms with Crippen molar-refractivity contribution >= 4 is 28.3 Å².